The first-order valence-corrected chi connectivity index (χ1v) is 13.2. The van der Waals surface area contributed by atoms with Gasteiger partial charge in [-0.2, -0.15) is 4.31 Å². The van der Waals surface area contributed by atoms with Crippen molar-refractivity contribution in [2.24, 2.45) is 0 Å². The van der Waals surface area contributed by atoms with Gasteiger partial charge in [-0.3, -0.25) is 9.69 Å². The van der Waals surface area contributed by atoms with Gasteiger partial charge in [-0.1, -0.05) is 18.2 Å². The van der Waals surface area contributed by atoms with Crippen LogP contribution in [0.2, 0.25) is 0 Å². The zero-order valence-electron chi connectivity index (χ0n) is 20.1. The van der Waals surface area contributed by atoms with Crippen LogP contribution in [-0.2, 0) is 21.3 Å². The highest BCUT2D eigenvalue weighted by atomic mass is 32.2. The Bertz CT molecular complexity index is 1090. The summed E-state index contributed by atoms with van der Waals surface area (Å²) >= 11 is 0. The van der Waals surface area contributed by atoms with Gasteiger partial charge in [-0.25, -0.2) is 8.42 Å². The van der Waals surface area contributed by atoms with Crippen LogP contribution in [0, 0.1) is 0 Å². The van der Waals surface area contributed by atoms with Crippen molar-refractivity contribution in [2.45, 2.75) is 37.5 Å². The number of hydrogen-bond acceptors (Lipinski definition) is 6. The van der Waals surface area contributed by atoms with Gasteiger partial charge in [0.05, 0.1) is 17.1 Å². The van der Waals surface area contributed by atoms with Crippen LogP contribution in [0.25, 0.3) is 0 Å². The molecule has 0 bridgehead atoms. The van der Waals surface area contributed by atoms with Gasteiger partial charge in [0.15, 0.2) is 0 Å². The Morgan fingerprint density at radius 3 is 2.29 bits per heavy atom. The monoisotopic (exact) mass is 486 g/mol. The molecular weight excluding hydrogens is 452 g/mol. The van der Waals surface area contributed by atoms with Crippen molar-refractivity contribution in [2.75, 3.05) is 51.6 Å². The summed E-state index contributed by atoms with van der Waals surface area (Å²) in [7, 11) is -1.61. The number of nitrogens with zero attached hydrogens (tertiary/aromatic N) is 3. The highest BCUT2D eigenvalue weighted by Crippen LogP contribution is 2.22. The lowest BCUT2D eigenvalue weighted by Gasteiger charge is -2.35. The molecule has 9 heteroatoms. The van der Waals surface area contributed by atoms with Crippen molar-refractivity contribution in [3.8, 4) is 0 Å². The number of amides is 1. The smallest absolute Gasteiger partial charge is 0.255 e. The van der Waals surface area contributed by atoms with Crippen LogP contribution in [0.4, 0.5) is 5.69 Å². The summed E-state index contributed by atoms with van der Waals surface area (Å²) in [5.41, 5.74) is 2.12. The Kier molecular flexibility index (Phi) is 7.69. The predicted octanol–water partition coefficient (Wildman–Crippen LogP) is 2.48. The minimum absolute atomic E-state index is 0.194. The molecule has 2 atom stereocenters. The summed E-state index contributed by atoms with van der Waals surface area (Å²) in [4.78, 5) is 17.5. The van der Waals surface area contributed by atoms with E-state index in [1.807, 2.05) is 31.3 Å². The molecule has 8 nitrogen and oxygen atoms in total. The van der Waals surface area contributed by atoms with Crippen molar-refractivity contribution in [3.05, 3.63) is 59.7 Å². The number of benzene rings is 2. The summed E-state index contributed by atoms with van der Waals surface area (Å²) in [6, 6.07) is 14.0. The van der Waals surface area contributed by atoms with E-state index >= 15 is 0 Å². The lowest BCUT2D eigenvalue weighted by atomic mass is 10.1. The number of sulfonamides is 1. The summed E-state index contributed by atoms with van der Waals surface area (Å²) in [6.45, 7) is 9.09. The maximum absolute atomic E-state index is 13.0. The van der Waals surface area contributed by atoms with Crippen molar-refractivity contribution < 1.29 is 17.9 Å². The second-order valence-electron chi connectivity index (χ2n) is 9.34. The van der Waals surface area contributed by atoms with Gasteiger partial charge in [0, 0.05) is 57.1 Å². The fourth-order valence-electron chi connectivity index (χ4n) is 4.55. The van der Waals surface area contributed by atoms with Gasteiger partial charge < -0.3 is 15.0 Å². The maximum Gasteiger partial charge on any atom is 0.255 e. The van der Waals surface area contributed by atoms with Crippen molar-refractivity contribution in [1.82, 2.24) is 14.1 Å². The summed E-state index contributed by atoms with van der Waals surface area (Å²) < 4.78 is 33.3. The van der Waals surface area contributed by atoms with E-state index in [9.17, 15) is 13.2 Å². The molecule has 2 aliphatic heterocycles. The Labute approximate surface area is 202 Å². The molecule has 0 saturated carbocycles. The molecule has 2 saturated heterocycles. The maximum atomic E-state index is 13.0. The van der Waals surface area contributed by atoms with E-state index in [1.165, 1.54) is 10.4 Å². The third-order valence-electron chi connectivity index (χ3n) is 6.31. The normalized spacial score (nSPS) is 23.0. The molecular formula is C25H34N4O4S. The average Bonchev–Trinajstić information content (AvgIpc) is 2.79. The number of morpholine rings is 1. The van der Waals surface area contributed by atoms with Crippen LogP contribution in [0.15, 0.2) is 53.4 Å². The van der Waals surface area contributed by atoms with Gasteiger partial charge in [0.1, 0.15) is 0 Å². The lowest BCUT2D eigenvalue weighted by Crippen LogP contribution is -2.47. The van der Waals surface area contributed by atoms with Crippen LogP contribution in [0.1, 0.15) is 29.8 Å². The Balaban J connectivity index is 1.39. The molecule has 184 valence electrons. The Hall–Kier alpha value is -2.30. The third kappa shape index (κ3) is 6.03. The van der Waals surface area contributed by atoms with E-state index in [4.69, 9.17) is 4.74 Å². The number of anilines is 1. The molecule has 2 aliphatic rings. The first-order chi connectivity index (χ1) is 16.2. The van der Waals surface area contributed by atoms with Gasteiger partial charge in [-0.05, 0) is 56.8 Å². The largest absolute Gasteiger partial charge is 0.373 e. The molecule has 4 rings (SSSR count). The Morgan fingerprint density at radius 1 is 1.00 bits per heavy atom. The molecule has 2 aromatic carbocycles. The molecule has 2 aromatic rings. The number of carbonyl (C=O) groups is 1. The van der Waals surface area contributed by atoms with E-state index in [1.54, 1.807) is 18.2 Å². The lowest BCUT2D eigenvalue weighted by molar-refractivity contribution is -0.0704. The van der Waals surface area contributed by atoms with Gasteiger partial charge in [0.25, 0.3) is 5.91 Å². The zero-order chi connectivity index (χ0) is 24.3. The fourth-order valence-corrected chi connectivity index (χ4v) is 6.02. The molecule has 0 aliphatic carbocycles. The summed E-state index contributed by atoms with van der Waals surface area (Å²) in [6.07, 6.45) is 0.425. The number of carbonyl (C=O) groups excluding carboxylic acids is 1. The van der Waals surface area contributed by atoms with Crippen LogP contribution >= 0.6 is 0 Å². The molecule has 2 fully saturated rings. The second kappa shape index (κ2) is 10.5. The highest BCUT2D eigenvalue weighted by Gasteiger charge is 2.27. The van der Waals surface area contributed by atoms with E-state index in [-0.39, 0.29) is 23.0 Å². The Morgan fingerprint density at radius 2 is 1.65 bits per heavy atom. The topological polar surface area (TPSA) is 82.2 Å². The van der Waals surface area contributed by atoms with E-state index < -0.39 is 10.0 Å². The van der Waals surface area contributed by atoms with Crippen molar-refractivity contribution >= 4 is 21.6 Å². The zero-order valence-corrected chi connectivity index (χ0v) is 20.9. The minimum Gasteiger partial charge on any atom is -0.373 e. The molecule has 0 spiro atoms. The van der Waals surface area contributed by atoms with Gasteiger partial charge in [0.2, 0.25) is 10.0 Å². The van der Waals surface area contributed by atoms with E-state index in [0.29, 0.717) is 37.4 Å². The van der Waals surface area contributed by atoms with Crippen LogP contribution in [0.5, 0.6) is 0 Å². The molecule has 2 unspecified atom stereocenters. The van der Waals surface area contributed by atoms with Gasteiger partial charge >= 0.3 is 0 Å². The van der Waals surface area contributed by atoms with Crippen LogP contribution < -0.4 is 5.32 Å². The van der Waals surface area contributed by atoms with E-state index in [2.05, 4.69) is 29.0 Å². The quantitative estimate of drug-likeness (QED) is 0.676. The highest BCUT2D eigenvalue weighted by molar-refractivity contribution is 7.89. The first kappa shape index (κ1) is 24.8. The predicted molar refractivity (Wildman–Crippen MR) is 132 cm³/mol. The van der Waals surface area contributed by atoms with E-state index in [0.717, 1.165) is 25.2 Å². The molecule has 0 radical (unpaired) electrons. The van der Waals surface area contributed by atoms with Gasteiger partial charge in [-0.15, -0.1) is 0 Å². The molecule has 2 heterocycles. The molecule has 0 aromatic heterocycles. The van der Waals surface area contributed by atoms with Crippen molar-refractivity contribution in [3.63, 3.8) is 0 Å². The van der Waals surface area contributed by atoms with Crippen LogP contribution in [-0.4, -0.2) is 87.0 Å². The molecule has 1 N–H and O–H groups in total. The SMILES string of the molecule is CC1CN(Cc2ccc(C(=O)Nc3cccc(S(=O)(=O)N4CCN(C)CC4)c3)cc2)CC(C)O1. The first-order valence-electron chi connectivity index (χ1n) is 11.8. The third-order valence-corrected chi connectivity index (χ3v) is 8.20. The number of ether oxygens (including phenoxy) is 1. The molecule has 1 amide bonds. The number of likely N-dealkylation sites (N-methyl/N-ethyl adjacent to an activating group) is 1. The number of piperazine rings is 1. The second-order valence-corrected chi connectivity index (χ2v) is 11.3. The van der Waals surface area contributed by atoms with Crippen molar-refractivity contribution in [1.29, 1.82) is 0 Å². The minimum atomic E-state index is -3.59. The standard InChI is InChI=1S/C25H34N4O4S/c1-19-16-28(17-20(2)33-19)18-21-7-9-22(10-8-21)25(30)26-23-5-4-6-24(15-23)34(31,32)29-13-11-27(3)12-14-29/h4-10,15,19-20H,11-14,16-18H2,1-3H3,(H,26,30). The fraction of sp³-hybridized carbons (Fsp3) is 0.480. The average molecular weight is 487 g/mol. The van der Waals surface area contributed by atoms with Crippen LogP contribution in [0.3, 0.4) is 0 Å². The number of nitrogens with one attached hydrogen (secondary N) is 1. The number of rotatable bonds is 6. The molecule has 34 heavy (non-hydrogen) atoms. The summed E-state index contributed by atoms with van der Waals surface area (Å²) in [5.74, 6) is -0.269. The summed E-state index contributed by atoms with van der Waals surface area (Å²) in [5, 5.41) is 2.84. The number of hydrogen-bond donors (Lipinski definition) is 1.